The van der Waals surface area contributed by atoms with Gasteiger partial charge in [0.1, 0.15) is 0 Å². The van der Waals surface area contributed by atoms with E-state index in [1.165, 1.54) is 0 Å². The lowest BCUT2D eigenvalue weighted by Gasteiger charge is -2.22. The topological polar surface area (TPSA) is 98.7 Å². The summed E-state index contributed by atoms with van der Waals surface area (Å²) in [5, 5.41) is 22.1. The summed E-state index contributed by atoms with van der Waals surface area (Å²) in [4.78, 5) is 21.4. The van der Waals surface area contributed by atoms with Crippen molar-refractivity contribution in [3.8, 4) is 0 Å². The average molecular weight is 250 g/mol. The number of amides is 2. The Morgan fingerprint density at radius 3 is 2.38 bits per heavy atom. The van der Waals surface area contributed by atoms with Crippen molar-refractivity contribution in [2.24, 2.45) is 0 Å². The van der Waals surface area contributed by atoms with Gasteiger partial charge in [-0.05, 0) is 20.1 Å². The number of carboxylic acid groups (broad SMARTS) is 1. The van der Waals surface area contributed by atoms with E-state index in [0.29, 0.717) is 6.54 Å². The molecule has 0 bridgehead atoms. The van der Waals surface area contributed by atoms with Gasteiger partial charge in [0, 0.05) is 11.3 Å². The number of carboxylic acids is 1. The molecule has 0 aliphatic heterocycles. The summed E-state index contributed by atoms with van der Waals surface area (Å²) >= 11 is 1.61. The third-order valence-electron chi connectivity index (χ3n) is 1.97. The molecule has 0 aliphatic rings. The maximum atomic E-state index is 11.2. The summed E-state index contributed by atoms with van der Waals surface area (Å²) in [5.74, 6) is -1.36. The number of aliphatic carboxylic acids is 1. The monoisotopic (exact) mass is 250 g/mol. The first-order chi connectivity index (χ1) is 7.28. The summed E-state index contributed by atoms with van der Waals surface area (Å²) in [5.41, 5.74) is 0. The van der Waals surface area contributed by atoms with Crippen molar-refractivity contribution in [1.82, 2.24) is 10.6 Å². The van der Waals surface area contributed by atoms with Crippen LogP contribution in [-0.2, 0) is 4.79 Å². The number of hydrogen-bond donors (Lipinski definition) is 4. The smallest absolute Gasteiger partial charge is 0.334 e. The molecule has 0 radical (unpaired) electrons. The highest BCUT2D eigenvalue weighted by molar-refractivity contribution is 7.99. The number of rotatable bonds is 6. The maximum Gasteiger partial charge on any atom is 0.334 e. The zero-order valence-electron chi connectivity index (χ0n) is 9.61. The van der Waals surface area contributed by atoms with E-state index < -0.39 is 18.1 Å². The Morgan fingerprint density at radius 2 is 1.94 bits per heavy atom. The Labute approximate surface area is 98.8 Å². The molecule has 0 spiro atoms. The highest BCUT2D eigenvalue weighted by Gasteiger charge is 2.18. The van der Waals surface area contributed by atoms with Crippen LogP contribution in [0.25, 0.3) is 0 Å². The Balaban J connectivity index is 3.80. The minimum absolute atomic E-state index is 0.0806. The third kappa shape index (κ3) is 6.52. The molecule has 7 heteroatoms. The number of carbonyl (C=O) groups is 2. The minimum atomic E-state index is -1.57. The van der Waals surface area contributed by atoms with Crippen LogP contribution in [0.15, 0.2) is 0 Å². The van der Waals surface area contributed by atoms with Gasteiger partial charge >= 0.3 is 12.0 Å². The first kappa shape index (κ1) is 15.0. The largest absolute Gasteiger partial charge is 0.479 e. The number of hydrogen-bond acceptors (Lipinski definition) is 4. The molecule has 0 rings (SSSR count). The van der Waals surface area contributed by atoms with Crippen LogP contribution in [0.4, 0.5) is 4.79 Å². The Morgan fingerprint density at radius 1 is 1.38 bits per heavy atom. The zero-order valence-corrected chi connectivity index (χ0v) is 10.4. The van der Waals surface area contributed by atoms with Crippen molar-refractivity contribution < 1.29 is 19.8 Å². The van der Waals surface area contributed by atoms with Gasteiger partial charge in [0.15, 0.2) is 6.10 Å². The van der Waals surface area contributed by atoms with Gasteiger partial charge in [0.25, 0.3) is 0 Å². The molecule has 1 unspecified atom stereocenters. The number of nitrogens with one attached hydrogen (secondary N) is 2. The number of carbonyl (C=O) groups excluding carboxylic acids is 1. The number of aliphatic hydroxyl groups excluding tert-OH is 1. The normalized spacial score (nSPS) is 13.0. The molecule has 6 nitrogen and oxygen atoms in total. The Bertz CT molecular complexity index is 258. The van der Waals surface area contributed by atoms with Crippen LogP contribution in [0.2, 0.25) is 0 Å². The summed E-state index contributed by atoms with van der Waals surface area (Å²) in [6, 6.07) is -0.484. The molecule has 0 aromatic heterocycles. The number of thioether (sulfide) groups is 1. The molecular formula is C9H18N2O4S. The fourth-order valence-corrected chi connectivity index (χ4v) is 0.921. The Hall–Kier alpha value is -0.950. The van der Waals surface area contributed by atoms with Crippen molar-refractivity contribution in [1.29, 1.82) is 0 Å². The van der Waals surface area contributed by atoms with Gasteiger partial charge in [-0.25, -0.2) is 9.59 Å². The van der Waals surface area contributed by atoms with Crippen LogP contribution < -0.4 is 10.6 Å². The highest BCUT2D eigenvalue weighted by Crippen LogP contribution is 2.19. The standard InChI is InChI=1S/C9H18N2O4S/c1-9(2,16-3)5-11-8(15)10-4-6(12)7(13)14/h6,12H,4-5H2,1-3H3,(H,13,14)(H2,10,11,15). The van der Waals surface area contributed by atoms with Gasteiger partial charge in [-0.3, -0.25) is 0 Å². The van der Waals surface area contributed by atoms with E-state index in [4.69, 9.17) is 10.2 Å². The second-order valence-electron chi connectivity index (χ2n) is 3.88. The van der Waals surface area contributed by atoms with E-state index in [1.807, 2.05) is 20.1 Å². The van der Waals surface area contributed by atoms with E-state index in [2.05, 4.69) is 10.6 Å². The average Bonchev–Trinajstić information content (AvgIpc) is 2.23. The molecule has 0 aliphatic carbocycles. The fraction of sp³-hybridized carbons (Fsp3) is 0.778. The predicted octanol–water partition coefficient (Wildman–Crippen LogP) is -0.127. The van der Waals surface area contributed by atoms with Crippen LogP contribution in [-0.4, -0.2) is 52.4 Å². The lowest BCUT2D eigenvalue weighted by atomic mass is 10.2. The molecule has 0 aromatic rings. The van der Waals surface area contributed by atoms with E-state index >= 15 is 0 Å². The van der Waals surface area contributed by atoms with Crippen LogP contribution >= 0.6 is 11.8 Å². The van der Waals surface area contributed by atoms with Gasteiger partial charge in [-0.15, -0.1) is 0 Å². The summed E-state index contributed by atoms with van der Waals surface area (Å²) in [6.07, 6.45) is 0.368. The quantitative estimate of drug-likeness (QED) is 0.526. The second kappa shape index (κ2) is 6.59. The zero-order chi connectivity index (χ0) is 12.8. The van der Waals surface area contributed by atoms with Gasteiger partial charge in [-0.2, -0.15) is 11.8 Å². The molecule has 2 amide bonds. The highest BCUT2D eigenvalue weighted by atomic mass is 32.2. The lowest BCUT2D eigenvalue weighted by Crippen LogP contribution is -2.45. The van der Waals surface area contributed by atoms with Gasteiger partial charge in [-0.1, -0.05) is 0 Å². The van der Waals surface area contributed by atoms with Crippen LogP contribution in [0, 0.1) is 0 Å². The molecule has 0 saturated carbocycles. The van der Waals surface area contributed by atoms with E-state index in [9.17, 15) is 9.59 Å². The number of aliphatic hydroxyl groups is 1. The molecule has 0 saturated heterocycles. The van der Waals surface area contributed by atoms with Gasteiger partial charge < -0.3 is 20.8 Å². The molecule has 0 aromatic carbocycles. The number of urea groups is 1. The van der Waals surface area contributed by atoms with Crippen molar-refractivity contribution in [2.45, 2.75) is 24.7 Å². The maximum absolute atomic E-state index is 11.2. The summed E-state index contributed by atoms with van der Waals surface area (Å²) in [6.45, 7) is 4.11. The summed E-state index contributed by atoms with van der Waals surface area (Å²) < 4.78 is -0.0806. The molecule has 4 N–H and O–H groups in total. The van der Waals surface area contributed by atoms with E-state index in [0.717, 1.165) is 0 Å². The molecule has 16 heavy (non-hydrogen) atoms. The molecular weight excluding hydrogens is 232 g/mol. The van der Waals surface area contributed by atoms with Crippen molar-refractivity contribution >= 4 is 23.8 Å². The summed E-state index contributed by atoms with van der Waals surface area (Å²) in [7, 11) is 0. The third-order valence-corrected chi connectivity index (χ3v) is 3.22. The SMILES string of the molecule is CSC(C)(C)CNC(=O)NCC(O)C(=O)O. The van der Waals surface area contributed by atoms with Crippen LogP contribution in [0.5, 0.6) is 0 Å². The molecule has 0 heterocycles. The van der Waals surface area contributed by atoms with E-state index in [-0.39, 0.29) is 11.3 Å². The van der Waals surface area contributed by atoms with Gasteiger partial charge in [0.2, 0.25) is 0 Å². The van der Waals surface area contributed by atoms with Gasteiger partial charge in [0.05, 0.1) is 6.54 Å². The van der Waals surface area contributed by atoms with Crippen molar-refractivity contribution in [2.75, 3.05) is 19.3 Å². The second-order valence-corrected chi connectivity index (χ2v) is 5.39. The first-order valence-electron chi connectivity index (χ1n) is 4.76. The van der Waals surface area contributed by atoms with Crippen LogP contribution in [0.3, 0.4) is 0 Å². The predicted molar refractivity (Wildman–Crippen MR) is 62.6 cm³/mol. The lowest BCUT2D eigenvalue weighted by molar-refractivity contribution is -0.146. The van der Waals surface area contributed by atoms with Crippen molar-refractivity contribution in [3.05, 3.63) is 0 Å². The van der Waals surface area contributed by atoms with Crippen molar-refractivity contribution in [3.63, 3.8) is 0 Å². The Kier molecular flexibility index (Phi) is 6.20. The molecule has 1 atom stereocenters. The molecule has 94 valence electrons. The fourth-order valence-electron chi connectivity index (χ4n) is 0.704. The minimum Gasteiger partial charge on any atom is -0.479 e. The first-order valence-corrected chi connectivity index (χ1v) is 5.98. The van der Waals surface area contributed by atoms with E-state index in [1.54, 1.807) is 11.8 Å². The molecule has 0 fully saturated rings. The van der Waals surface area contributed by atoms with Crippen LogP contribution in [0.1, 0.15) is 13.8 Å².